The Morgan fingerprint density at radius 1 is 1.16 bits per heavy atom. The molecule has 5 nitrogen and oxygen atoms in total. The molecular formula is C12H24BNO4S. The van der Waals surface area contributed by atoms with Crippen LogP contribution in [0.1, 0.15) is 40.5 Å². The van der Waals surface area contributed by atoms with Crippen LogP contribution in [0.4, 0.5) is 0 Å². The second-order valence-corrected chi connectivity index (χ2v) is 8.63. The molecule has 0 bridgehead atoms. The lowest BCUT2D eigenvalue weighted by atomic mass is 9.68. The van der Waals surface area contributed by atoms with E-state index in [2.05, 4.69) is 0 Å². The molecule has 0 aromatic rings. The molecule has 2 heterocycles. The van der Waals surface area contributed by atoms with Crippen LogP contribution in [0.3, 0.4) is 0 Å². The third-order valence-corrected chi connectivity index (χ3v) is 5.82. The minimum atomic E-state index is -3.12. The highest BCUT2D eigenvalue weighted by Crippen LogP contribution is 2.42. The fraction of sp³-hybridized carbons (Fsp3) is 1.00. The maximum Gasteiger partial charge on any atom is 0.462 e. The molecule has 110 valence electrons. The maximum atomic E-state index is 11.6. The molecule has 0 aromatic carbocycles. The molecule has 1 unspecified atom stereocenters. The van der Waals surface area contributed by atoms with Gasteiger partial charge in [-0.25, -0.2) is 12.7 Å². The van der Waals surface area contributed by atoms with Gasteiger partial charge in [0.25, 0.3) is 0 Å². The van der Waals surface area contributed by atoms with Crippen molar-refractivity contribution in [3.05, 3.63) is 0 Å². The first-order chi connectivity index (χ1) is 8.53. The number of hydrogen-bond donors (Lipinski definition) is 0. The van der Waals surface area contributed by atoms with Crippen molar-refractivity contribution < 1.29 is 17.7 Å². The first-order valence-electron chi connectivity index (χ1n) is 6.84. The van der Waals surface area contributed by atoms with Gasteiger partial charge in [-0.05, 0) is 40.5 Å². The van der Waals surface area contributed by atoms with E-state index in [-0.39, 0.29) is 24.1 Å². The van der Waals surface area contributed by atoms with Crippen LogP contribution in [-0.4, -0.2) is 50.4 Å². The van der Waals surface area contributed by atoms with Gasteiger partial charge in [0.05, 0.1) is 17.5 Å². The van der Waals surface area contributed by atoms with Gasteiger partial charge in [-0.15, -0.1) is 0 Å². The van der Waals surface area contributed by atoms with E-state index < -0.39 is 10.0 Å². The lowest BCUT2D eigenvalue weighted by Gasteiger charge is -2.32. The molecule has 0 spiro atoms. The zero-order valence-electron chi connectivity index (χ0n) is 12.5. The Balaban J connectivity index is 2.08. The van der Waals surface area contributed by atoms with Gasteiger partial charge in [-0.2, -0.15) is 0 Å². The van der Waals surface area contributed by atoms with Gasteiger partial charge in [0.1, 0.15) is 0 Å². The Morgan fingerprint density at radius 2 is 1.68 bits per heavy atom. The largest absolute Gasteiger partial charge is 0.462 e. The highest BCUT2D eigenvalue weighted by atomic mass is 32.2. The van der Waals surface area contributed by atoms with Gasteiger partial charge in [0, 0.05) is 18.9 Å². The number of piperidine rings is 1. The fourth-order valence-electron chi connectivity index (χ4n) is 2.58. The lowest BCUT2D eigenvalue weighted by molar-refractivity contribution is 0.00578. The zero-order valence-corrected chi connectivity index (χ0v) is 13.3. The number of hydrogen-bond acceptors (Lipinski definition) is 4. The standard InChI is InChI=1S/C12H24BNO4S/c1-11(2)12(3,4)18-13(17-11)10-7-6-8-14(9-10)19(5,15)16/h10H,6-9H2,1-5H3. The van der Waals surface area contributed by atoms with Crippen molar-refractivity contribution in [2.75, 3.05) is 19.3 Å². The van der Waals surface area contributed by atoms with Gasteiger partial charge in [-0.3, -0.25) is 0 Å². The van der Waals surface area contributed by atoms with Crippen molar-refractivity contribution in [2.24, 2.45) is 0 Å². The van der Waals surface area contributed by atoms with E-state index in [0.29, 0.717) is 13.1 Å². The SMILES string of the molecule is CC1(C)OB(C2CCCN(S(C)(=O)=O)C2)OC1(C)C. The van der Waals surface area contributed by atoms with Gasteiger partial charge in [-0.1, -0.05) is 0 Å². The van der Waals surface area contributed by atoms with Crippen molar-refractivity contribution in [2.45, 2.75) is 57.6 Å². The molecule has 2 aliphatic heterocycles. The molecule has 2 fully saturated rings. The van der Waals surface area contributed by atoms with Crippen LogP contribution in [0.5, 0.6) is 0 Å². The summed E-state index contributed by atoms with van der Waals surface area (Å²) in [5.74, 6) is 0.115. The molecule has 2 aliphatic rings. The molecule has 0 radical (unpaired) electrons. The van der Waals surface area contributed by atoms with E-state index >= 15 is 0 Å². The molecule has 0 N–H and O–H groups in total. The van der Waals surface area contributed by atoms with Gasteiger partial charge in [0.15, 0.2) is 0 Å². The molecule has 0 aliphatic carbocycles. The van der Waals surface area contributed by atoms with Crippen molar-refractivity contribution in [1.29, 1.82) is 0 Å². The van der Waals surface area contributed by atoms with E-state index in [4.69, 9.17) is 9.31 Å². The van der Waals surface area contributed by atoms with Crippen LogP contribution >= 0.6 is 0 Å². The van der Waals surface area contributed by atoms with Crippen molar-refractivity contribution in [1.82, 2.24) is 4.31 Å². The van der Waals surface area contributed by atoms with E-state index in [0.717, 1.165) is 12.8 Å². The molecule has 0 amide bonds. The Hall–Kier alpha value is -0.105. The third kappa shape index (κ3) is 2.99. The molecule has 2 saturated heterocycles. The highest BCUT2D eigenvalue weighted by molar-refractivity contribution is 7.88. The Kier molecular flexibility index (Phi) is 3.80. The topological polar surface area (TPSA) is 55.8 Å². The predicted molar refractivity (Wildman–Crippen MR) is 75.5 cm³/mol. The molecule has 7 heteroatoms. The Morgan fingerprint density at radius 3 is 2.16 bits per heavy atom. The monoisotopic (exact) mass is 289 g/mol. The predicted octanol–water partition coefficient (Wildman–Crippen LogP) is 1.50. The number of rotatable bonds is 2. The van der Waals surface area contributed by atoms with E-state index in [1.54, 1.807) is 0 Å². The minimum absolute atomic E-state index is 0.115. The van der Waals surface area contributed by atoms with Crippen LogP contribution in [0.25, 0.3) is 0 Å². The van der Waals surface area contributed by atoms with Gasteiger partial charge >= 0.3 is 7.12 Å². The summed E-state index contributed by atoms with van der Waals surface area (Å²) >= 11 is 0. The van der Waals surface area contributed by atoms with Crippen molar-refractivity contribution in [3.8, 4) is 0 Å². The average Bonchev–Trinajstić information content (AvgIpc) is 2.47. The Labute approximate surface area is 116 Å². The first-order valence-corrected chi connectivity index (χ1v) is 8.68. The smallest absolute Gasteiger partial charge is 0.403 e. The van der Waals surface area contributed by atoms with Gasteiger partial charge in [0.2, 0.25) is 10.0 Å². The van der Waals surface area contributed by atoms with Crippen LogP contribution < -0.4 is 0 Å². The van der Waals surface area contributed by atoms with Crippen LogP contribution in [0.15, 0.2) is 0 Å². The molecule has 19 heavy (non-hydrogen) atoms. The second-order valence-electron chi connectivity index (χ2n) is 6.65. The molecule has 2 rings (SSSR count). The van der Waals surface area contributed by atoms with E-state index in [1.807, 2.05) is 27.7 Å². The summed E-state index contributed by atoms with van der Waals surface area (Å²) in [5, 5.41) is 0. The normalized spacial score (nSPS) is 31.6. The zero-order chi connectivity index (χ0) is 14.5. The van der Waals surface area contributed by atoms with Crippen molar-refractivity contribution in [3.63, 3.8) is 0 Å². The third-order valence-electron chi connectivity index (χ3n) is 4.55. The minimum Gasteiger partial charge on any atom is -0.403 e. The summed E-state index contributed by atoms with van der Waals surface area (Å²) in [6, 6.07) is 0. The molecule has 0 saturated carbocycles. The van der Waals surface area contributed by atoms with E-state index in [1.165, 1.54) is 10.6 Å². The summed E-state index contributed by atoms with van der Waals surface area (Å²) < 4.78 is 36.9. The number of sulfonamides is 1. The lowest BCUT2D eigenvalue weighted by Crippen LogP contribution is -2.42. The first kappa shape index (κ1) is 15.3. The summed E-state index contributed by atoms with van der Waals surface area (Å²) in [6.45, 7) is 9.17. The number of nitrogens with zero attached hydrogens (tertiary/aromatic N) is 1. The molecule has 1 atom stereocenters. The van der Waals surface area contributed by atoms with Crippen LogP contribution in [-0.2, 0) is 19.3 Å². The Bertz CT molecular complexity index is 433. The van der Waals surface area contributed by atoms with Gasteiger partial charge < -0.3 is 9.31 Å². The summed E-state index contributed by atoms with van der Waals surface area (Å²) in [6.07, 6.45) is 3.07. The highest BCUT2D eigenvalue weighted by Gasteiger charge is 2.54. The molecule has 0 aromatic heterocycles. The quantitative estimate of drug-likeness (QED) is 0.723. The second kappa shape index (κ2) is 4.72. The summed E-state index contributed by atoms with van der Waals surface area (Å²) in [7, 11) is -3.43. The van der Waals surface area contributed by atoms with Crippen molar-refractivity contribution >= 4 is 17.1 Å². The average molecular weight is 289 g/mol. The van der Waals surface area contributed by atoms with Crippen LogP contribution in [0.2, 0.25) is 5.82 Å². The molecular weight excluding hydrogens is 265 g/mol. The summed E-state index contributed by atoms with van der Waals surface area (Å²) in [4.78, 5) is 0. The maximum absolute atomic E-state index is 11.6. The summed E-state index contributed by atoms with van der Waals surface area (Å²) in [5.41, 5.74) is -0.712. The van der Waals surface area contributed by atoms with Crippen LogP contribution in [0, 0.1) is 0 Å². The fourth-order valence-corrected chi connectivity index (χ4v) is 3.50. The van der Waals surface area contributed by atoms with E-state index in [9.17, 15) is 8.42 Å².